The molecule has 1 aliphatic rings. The summed E-state index contributed by atoms with van der Waals surface area (Å²) in [7, 11) is 2.13. The van der Waals surface area contributed by atoms with Gasteiger partial charge < -0.3 is 5.32 Å². The van der Waals surface area contributed by atoms with Crippen LogP contribution in [0.15, 0.2) is 28.7 Å². The first-order valence-electron chi connectivity index (χ1n) is 6.33. The second-order valence-corrected chi connectivity index (χ2v) is 5.88. The molecule has 1 aromatic rings. The van der Waals surface area contributed by atoms with Gasteiger partial charge in [0.25, 0.3) is 5.91 Å². The van der Waals surface area contributed by atoms with E-state index in [0.717, 1.165) is 10.5 Å². The second kappa shape index (κ2) is 5.85. The van der Waals surface area contributed by atoms with Crippen molar-refractivity contribution in [3.05, 3.63) is 34.3 Å². The molecule has 1 N–H and O–H groups in total. The van der Waals surface area contributed by atoms with Crippen LogP contribution < -0.4 is 5.32 Å². The number of hydrogen-bond acceptors (Lipinski definition) is 2. The molecule has 0 aromatic heterocycles. The molecular formula is C14H19BrN2O. The Labute approximate surface area is 117 Å². The maximum atomic E-state index is 12.0. The highest BCUT2D eigenvalue weighted by atomic mass is 79.9. The minimum atomic E-state index is -0.00709. The fourth-order valence-corrected chi connectivity index (χ4v) is 2.36. The molecule has 1 fully saturated rings. The third-order valence-electron chi connectivity index (χ3n) is 3.46. The highest BCUT2D eigenvalue weighted by Gasteiger charge is 2.29. The number of carbonyl (C=O) groups excluding carboxylic acids is 1. The van der Waals surface area contributed by atoms with Crippen LogP contribution in [0.1, 0.15) is 30.1 Å². The first-order chi connectivity index (χ1) is 8.58. The summed E-state index contributed by atoms with van der Waals surface area (Å²) in [4.78, 5) is 14.3. The largest absolute Gasteiger partial charge is 0.350 e. The van der Waals surface area contributed by atoms with Gasteiger partial charge in [-0.1, -0.05) is 22.0 Å². The SMILES string of the molecule is CC(CNC(=O)c1cccc(Br)c1)N(C)C1CC1. The number of benzene rings is 1. The maximum Gasteiger partial charge on any atom is 0.251 e. The fraction of sp³-hybridized carbons (Fsp3) is 0.500. The van der Waals surface area contributed by atoms with Gasteiger partial charge in [0.15, 0.2) is 0 Å². The van der Waals surface area contributed by atoms with Crippen LogP contribution in [-0.2, 0) is 0 Å². The van der Waals surface area contributed by atoms with Crippen LogP contribution in [0.5, 0.6) is 0 Å². The molecule has 1 aromatic carbocycles. The second-order valence-electron chi connectivity index (χ2n) is 4.97. The third-order valence-corrected chi connectivity index (χ3v) is 3.96. The highest BCUT2D eigenvalue weighted by molar-refractivity contribution is 9.10. The van der Waals surface area contributed by atoms with E-state index in [1.165, 1.54) is 12.8 Å². The van der Waals surface area contributed by atoms with Crippen molar-refractivity contribution in [2.75, 3.05) is 13.6 Å². The number of nitrogens with zero attached hydrogens (tertiary/aromatic N) is 1. The molecule has 0 saturated heterocycles. The van der Waals surface area contributed by atoms with Crippen molar-refractivity contribution >= 4 is 21.8 Å². The predicted octanol–water partition coefficient (Wildman–Crippen LogP) is 2.66. The maximum absolute atomic E-state index is 12.0. The van der Waals surface area contributed by atoms with Gasteiger partial charge in [-0.15, -0.1) is 0 Å². The number of nitrogens with one attached hydrogen (secondary N) is 1. The Bertz CT molecular complexity index is 432. The summed E-state index contributed by atoms with van der Waals surface area (Å²) in [5, 5.41) is 2.99. The van der Waals surface area contributed by atoms with E-state index in [2.05, 4.69) is 40.1 Å². The number of likely N-dealkylation sites (N-methyl/N-ethyl adjacent to an activating group) is 1. The van der Waals surface area contributed by atoms with Gasteiger partial charge in [-0.3, -0.25) is 9.69 Å². The van der Waals surface area contributed by atoms with Gasteiger partial charge in [0.1, 0.15) is 0 Å². The Morgan fingerprint density at radius 2 is 2.28 bits per heavy atom. The predicted molar refractivity (Wildman–Crippen MR) is 76.7 cm³/mol. The molecule has 3 nitrogen and oxygen atoms in total. The fourth-order valence-electron chi connectivity index (χ4n) is 1.96. The molecule has 0 radical (unpaired) electrons. The molecular weight excluding hydrogens is 292 g/mol. The standard InChI is InChI=1S/C14H19BrN2O/c1-10(17(2)13-6-7-13)9-16-14(18)11-4-3-5-12(15)8-11/h3-5,8,10,13H,6-7,9H2,1-2H3,(H,16,18). The quantitative estimate of drug-likeness (QED) is 0.907. The smallest absolute Gasteiger partial charge is 0.251 e. The molecule has 18 heavy (non-hydrogen) atoms. The van der Waals surface area contributed by atoms with Crippen LogP contribution in [0.25, 0.3) is 0 Å². The number of halogens is 1. The van der Waals surface area contributed by atoms with Crippen molar-refractivity contribution in [3.8, 4) is 0 Å². The van der Waals surface area contributed by atoms with Crippen LogP contribution in [0.3, 0.4) is 0 Å². The summed E-state index contributed by atoms with van der Waals surface area (Å²) in [6, 6.07) is 8.57. The van der Waals surface area contributed by atoms with Gasteiger partial charge in [-0.25, -0.2) is 0 Å². The molecule has 0 aliphatic heterocycles. The van der Waals surface area contributed by atoms with Crippen molar-refractivity contribution in [2.24, 2.45) is 0 Å². The lowest BCUT2D eigenvalue weighted by atomic mass is 10.2. The zero-order valence-electron chi connectivity index (χ0n) is 10.8. The average molecular weight is 311 g/mol. The number of hydrogen-bond donors (Lipinski definition) is 1. The first kappa shape index (κ1) is 13.6. The van der Waals surface area contributed by atoms with Crippen LogP contribution in [0.2, 0.25) is 0 Å². The normalized spacial score (nSPS) is 16.7. The average Bonchev–Trinajstić information content (AvgIpc) is 3.18. The van der Waals surface area contributed by atoms with Gasteiger partial charge in [-0.05, 0) is 45.0 Å². The van der Waals surface area contributed by atoms with E-state index in [9.17, 15) is 4.79 Å². The first-order valence-corrected chi connectivity index (χ1v) is 7.13. The summed E-state index contributed by atoms with van der Waals surface area (Å²) >= 11 is 3.37. The number of rotatable bonds is 5. The molecule has 1 amide bonds. The van der Waals surface area contributed by atoms with Crippen molar-refractivity contribution < 1.29 is 4.79 Å². The van der Waals surface area contributed by atoms with Gasteiger partial charge in [0.05, 0.1) is 0 Å². The molecule has 2 rings (SSSR count). The third kappa shape index (κ3) is 3.56. The van der Waals surface area contributed by atoms with Gasteiger partial charge >= 0.3 is 0 Å². The highest BCUT2D eigenvalue weighted by Crippen LogP contribution is 2.26. The van der Waals surface area contributed by atoms with Gasteiger partial charge in [0, 0.05) is 28.7 Å². The van der Waals surface area contributed by atoms with Crippen LogP contribution in [0.4, 0.5) is 0 Å². The molecule has 1 atom stereocenters. The molecule has 98 valence electrons. The van der Waals surface area contributed by atoms with Gasteiger partial charge in [0.2, 0.25) is 0 Å². The van der Waals surface area contributed by atoms with E-state index in [1.807, 2.05) is 24.3 Å². The van der Waals surface area contributed by atoms with E-state index >= 15 is 0 Å². The molecule has 4 heteroatoms. The zero-order chi connectivity index (χ0) is 13.1. The lowest BCUT2D eigenvalue weighted by molar-refractivity contribution is 0.0939. The van der Waals surface area contributed by atoms with E-state index in [1.54, 1.807) is 0 Å². The van der Waals surface area contributed by atoms with Crippen molar-refractivity contribution in [3.63, 3.8) is 0 Å². The van der Waals surface area contributed by atoms with Crippen LogP contribution >= 0.6 is 15.9 Å². The molecule has 0 spiro atoms. The summed E-state index contributed by atoms with van der Waals surface area (Å²) in [6.45, 7) is 2.85. The zero-order valence-corrected chi connectivity index (χ0v) is 12.4. The molecule has 0 heterocycles. The minimum absolute atomic E-state index is 0.00709. The molecule has 1 aliphatic carbocycles. The van der Waals surface area contributed by atoms with Gasteiger partial charge in [-0.2, -0.15) is 0 Å². The van der Waals surface area contributed by atoms with Crippen LogP contribution in [-0.4, -0.2) is 36.5 Å². The summed E-state index contributed by atoms with van der Waals surface area (Å²) < 4.78 is 0.929. The van der Waals surface area contributed by atoms with E-state index in [-0.39, 0.29) is 5.91 Å². The Kier molecular flexibility index (Phi) is 4.40. The summed E-state index contributed by atoms with van der Waals surface area (Å²) in [5.41, 5.74) is 0.700. The summed E-state index contributed by atoms with van der Waals surface area (Å²) in [6.07, 6.45) is 2.58. The molecule has 1 saturated carbocycles. The summed E-state index contributed by atoms with van der Waals surface area (Å²) in [5.74, 6) is -0.00709. The molecule has 1 unspecified atom stereocenters. The molecule has 0 bridgehead atoms. The van der Waals surface area contributed by atoms with E-state index in [0.29, 0.717) is 18.2 Å². The monoisotopic (exact) mass is 310 g/mol. The van der Waals surface area contributed by atoms with Crippen LogP contribution in [0, 0.1) is 0 Å². The topological polar surface area (TPSA) is 32.3 Å². The Morgan fingerprint density at radius 1 is 1.56 bits per heavy atom. The van der Waals surface area contributed by atoms with Crippen molar-refractivity contribution in [1.29, 1.82) is 0 Å². The Balaban J connectivity index is 1.84. The number of carbonyl (C=O) groups is 1. The lowest BCUT2D eigenvalue weighted by Gasteiger charge is -2.24. The lowest BCUT2D eigenvalue weighted by Crippen LogP contribution is -2.41. The minimum Gasteiger partial charge on any atom is -0.350 e. The van der Waals surface area contributed by atoms with E-state index in [4.69, 9.17) is 0 Å². The van der Waals surface area contributed by atoms with Crippen molar-refractivity contribution in [2.45, 2.75) is 31.8 Å². The van der Waals surface area contributed by atoms with Crippen molar-refractivity contribution in [1.82, 2.24) is 10.2 Å². The van der Waals surface area contributed by atoms with E-state index < -0.39 is 0 Å². The Morgan fingerprint density at radius 3 is 2.89 bits per heavy atom. The Hall–Kier alpha value is -0.870. The number of amides is 1.